The fourth-order valence-corrected chi connectivity index (χ4v) is 6.35. The van der Waals surface area contributed by atoms with Crippen molar-refractivity contribution in [2.24, 2.45) is 11.1 Å². The van der Waals surface area contributed by atoms with E-state index in [9.17, 15) is 43.8 Å². The normalized spacial score (nSPS) is 14.2. The summed E-state index contributed by atoms with van der Waals surface area (Å²) >= 11 is 5.94. The maximum atomic E-state index is 14.0. The van der Waals surface area contributed by atoms with Gasteiger partial charge in [-0.25, -0.2) is 4.79 Å². The Hall–Kier alpha value is -4.27. The molecular weight excluding hydrogens is 845 g/mol. The maximum Gasteiger partial charge on any atom is 0.327 e. The van der Waals surface area contributed by atoms with Gasteiger partial charge in [-0.05, 0) is 36.8 Å². The van der Waals surface area contributed by atoms with Crippen molar-refractivity contribution in [1.29, 1.82) is 0 Å². The summed E-state index contributed by atoms with van der Waals surface area (Å²) in [4.78, 5) is 89.3. The zero-order valence-corrected chi connectivity index (χ0v) is 34.3. The quantitative estimate of drug-likeness (QED) is 0.0426. The Morgan fingerprint density at radius 3 is 1.65 bits per heavy atom. The number of nitrogens with one attached hydrogen (secondary N) is 6. The number of hydrogen-bond acceptors (Lipinski definition) is 10. The van der Waals surface area contributed by atoms with Crippen LogP contribution >= 0.6 is 35.5 Å². The number of halogens is 1. The van der Waals surface area contributed by atoms with Crippen LogP contribution in [0.4, 0.5) is 0 Å². The van der Waals surface area contributed by atoms with Crippen LogP contribution in [0.3, 0.4) is 0 Å². The predicted octanol–water partition coefficient (Wildman–Crippen LogP) is 0.868. The van der Waals surface area contributed by atoms with Gasteiger partial charge in [0, 0.05) is 60.0 Å². The molecule has 16 nitrogen and oxygen atoms in total. The molecule has 5 amide bonds. The van der Waals surface area contributed by atoms with Crippen LogP contribution in [0.15, 0.2) is 60.7 Å². The van der Waals surface area contributed by atoms with Gasteiger partial charge >= 0.3 is 11.9 Å². The van der Waals surface area contributed by atoms with Crippen LogP contribution in [0.1, 0.15) is 58.1 Å². The lowest BCUT2D eigenvalue weighted by atomic mass is 9.78. The Labute approximate surface area is 340 Å². The second-order valence-corrected chi connectivity index (χ2v) is 15.6. The first-order chi connectivity index (χ1) is 25.8. The molecule has 0 aliphatic carbocycles. The van der Waals surface area contributed by atoms with E-state index in [4.69, 9.17) is 5.73 Å². The molecule has 2 aromatic carbocycles. The van der Waals surface area contributed by atoms with E-state index >= 15 is 0 Å². The van der Waals surface area contributed by atoms with E-state index in [1.165, 1.54) is 0 Å². The molecule has 2 aromatic rings. The monoisotopic (exact) mass is 897 g/mol. The van der Waals surface area contributed by atoms with E-state index in [2.05, 4.69) is 65.6 Å². The van der Waals surface area contributed by atoms with Gasteiger partial charge in [0.2, 0.25) is 29.5 Å². The molecule has 0 radical (unpaired) electrons. The average molecular weight is 898 g/mol. The average Bonchev–Trinajstić information content (AvgIpc) is 3.11. The molecule has 18 heteroatoms. The van der Waals surface area contributed by atoms with Crippen LogP contribution < -0.4 is 35.8 Å². The number of carboxylic acid groups (broad SMARTS) is 2. The van der Waals surface area contributed by atoms with Crippen molar-refractivity contribution < 1.29 is 43.8 Å². The molecule has 5 unspecified atom stereocenters. The standard InChI is InChI=1S/C37H52IN7O9S/c1-36(2,21-37(3,4)45-38)18-29(46)41-26(16-23-13-9-6-10-14-23)33(51)43-25(15-22-11-7-5-8-12-22)32(50)40-19-24(39)31(49)42-27(17-30(47)48)34(52)44-28(20-55)35(53)54/h5-14,24-28,45,55H,15-21,39H2,1-4H3,(H,40,50)(H,41,46)(H,42,49)(H,43,51)(H,44,52)(H,47,48)(H,53,54). The van der Waals surface area contributed by atoms with Gasteiger partial charge in [-0.15, -0.1) is 0 Å². The molecule has 0 bridgehead atoms. The van der Waals surface area contributed by atoms with Gasteiger partial charge in [0.1, 0.15) is 30.2 Å². The zero-order chi connectivity index (χ0) is 41.3. The lowest BCUT2D eigenvalue weighted by Gasteiger charge is -2.34. The van der Waals surface area contributed by atoms with E-state index in [1.54, 1.807) is 30.3 Å². The molecule has 55 heavy (non-hydrogen) atoms. The number of nitrogens with two attached hydrogens (primary N) is 1. The van der Waals surface area contributed by atoms with Crippen molar-refractivity contribution in [3.63, 3.8) is 0 Å². The number of aliphatic carboxylic acids is 2. The van der Waals surface area contributed by atoms with Crippen LogP contribution in [0.5, 0.6) is 0 Å². The molecule has 2 rings (SSSR count). The van der Waals surface area contributed by atoms with Gasteiger partial charge in [0.25, 0.3) is 0 Å². The van der Waals surface area contributed by atoms with Crippen LogP contribution in [0, 0.1) is 5.41 Å². The number of benzene rings is 2. The van der Waals surface area contributed by atoms with Gasteiger partial charge in [-0.1, -0.05) is 74.5 Å². The van der Waals surface area contributed by atoms with Crippen molar-refractivity contribution in [3.8, 4) is 0 Å². The molecule has 0 fully saturated rings. The third-order valence-electron chi connectivity index (χ3n) is 8.31. The number of carbonyl (C=O) groups excluding carboxylic acids is 5. The summed E-state index contributed by atoms with van der Waals surface area (Å²) in [6.07, 6.45) is 0.0861. The van der Waals surface area contributed by atoms with E-state index in [0.29, 0.717) is 12.0 Å². The topological polar surface area (TPSA) is 258 Å². The van der Waals surface area contributed by atoms with Crippen molar-refractivity contribution in [1.82, 2.24) is 30.1 Å². The minimum atomic E-state index is -1.68. The van der Waals surface area contributed by atoms with E-state index < -0.39 is 84.2 Å². The molecular formula is C37H52IN7O9S. The number of amides is 5. The molecule has 0 aliphatic rings. The number of carboxylic acids is 2. The predicted molar refractivity (Wildman–Crippen MR) is 217 cm³/mol. The van der Waals surface area contributed by atoms with Gasteiger partial charge < -0.3 is 42.5 Å². The summed E-state index contributed by atoms with van der Waals surface area (Å²) in [7, 11) is 0. The largest absolute Gasteiger partial charge is 0.481 e. The fourth-order valence-electron chi connectivity index (χ4n) is 5.91. The van der Waals surface area contributed by atoms with Gasteiger partial charge in [0.05, 0.1) is 6.42 Å². The lowest BCUT2D eigenvalue weighted by Crippen LogP contribution is -2.58. The van der Waals surface area contributed by atoms with Crippen LogP contribution in [-0.4, -0.2) is 99.7 Å². The zero-order valence-electron chi connectivity index (χ0n) is 31.3. The first kappa shape index (κ1) is 46.9. The van der Waals surface area contributed by atoms with Gasteiger partial charge in [-0.3, -0.25) is 32.3 Å². The molecule has 0 spiro atoms. The highest BCUT2D eigenvalue weighted by molar-refractivity contribution is 14.1. The first-order valence-electron chi connectivity index (χ1n) is 17.5. The smallest absolute Gasteiger partial charge is 0.327 e. The Kier molecular flexibility index (Phi) is 19.0. The molecule has 0 aliphatic heterocycles. The molecule has 302 valence electrons. The van der Waals surface area contributed by atoms with Gasteiger partial charge in [0.15, 0.2) is 0 Å². The summed E-state index contributed by atoms with van der Waals surface area (Å²) in [5.74, 6) is -6.93. The third-order valence-corrected chi connectivity index (χ3v) is 10.1. The highest BCUT2D eigenvalue weighted by atomic mass is 127. The second kappa shape index (κ2) is 22.3. The van der Waals surface area contributed by atoms with Crippen molar-refractivity contribution in [2.75, 3.05) is 12.3 Å². The highest BCUT2D eigenvalue weighted by Gasteiger charge is 2.34. The number of hydrogen-bond donors (Lipinski definition) is 10. The van der Waals surface area contributed by atoms with Crippen molar-refractivity contribution in [3.05, 3.63) is 71.8 Å². The minimum Gasteiger partial charge on any atom is -0.481 e. The Bertz CT molecular complexity index is 1630. The Morgan fingerprint density at radius 1 is 0.709 bits per heavy atom. The van der Waals surface area contributed by atoms with E-state index in [0.717, 1.165) is 5.56 Å². The maximum absolute atomic E-state index is 14.0. The summed E-state index contributed by atoms with van der Waals surface area (Å²) in [6, 6.07) is 11.1. The van der Waals surface area contributed by atoms with E-state index in [1.807, 2.05) is 58.0 Å². The summed E-state index contributed by atoms with van der Waals surface area (Å²) in [6.45, 7) is 7.52. The van der Waals surface area contributed by atoms with Gasteiger partial charge in [-0.2, -0.15) is 12.6 Å². The SMILES string of the molecule is CC(C)(CC(=O)NC(Cc1ccccc1)C(=O)NC(Cc1ccccc1)C(=O)NCC(N)C(=O)NC(CC(=O)O)C(=O)NC(CS)C(=O)O)CC(C)(C)NI. The van der Waals surface area contributed by atoms with Crippen molar-refractivity contribution >= 4 is 77.0 Å². The molecule has 10 N–H and O–H groups in total. The van der Waals surface area contributed by atoms with Crippen LogP contribution in [0.25, 0.3) is 0 Å². The molecule has 0 saturated heterocycles. The summed E-state index contributed by atoms with van der Waals surface area (Å²) in [5, 5.41) is 31.0. The first-order valence-corrected chi connectivity index (χ1v) is 19.2. The van der Waals surface area contributed by atoms with Crippen molar-refractivity contribution in [2.45, 2.75) is 95.5 Å². The fraction of sp³-hybridized carbons (Fsp3) is 0.486. The second-order valence-electron chi connectivity index (χ2n) is 14.6. The van der Waals surface area contributed by atoms with Crippen LogP contribution in [0.2, 0.25) is 0 Å². The highest BCUT2D eigenvalue weighted by Crippen LogP contribution is 2.31. The number of rotatable bonds is 23. The number of thiol groups is 1. The molecule has 0 heterocycles. The minimum absolute atomic E-state index is 0.0357. The molecule has 0 aromatic heterocycles. The Morgan fingerprint density at radius 2 is 1.18 bits per heavy atom. The lowest BCUT2D eigenvalue weighted by molar-refractivity contribution is -0.143. The van der Waals surface area contributed by atoms with E-state index in [-0.39, 0.29) is 36.5 Å². The molecule has 0 saturated carbocycles. The summed E-state index contributed by atoms with van der Waals surface area (Å²) in [5.41, 5.74) is 6.81. The Balaban J connectivity index is 2.25. The molecule has 5 atom stereocenters. The van der Waals surface area contributed by atoms with Crippen LogP contribution in [-0.2, 0) is 46.4 Å². The summed E-state index contributed by atoms with van der Waals surface area (Å²) < 4.78 is 3.22. The number of carbonyl (C=O) groups is 7. The third kappa shape index (κ3) is 17.4.